The fourth-order valence-corrected chi connectivity index (χ4v) is 9.58. The zero-order valence-electron chi connectivity index (χ0n) is 30.9. The van der Waals surface area contributed by atoms with E-state index in [2.05, 4.69) is 184 Å². The Morgan fingerprint density at radius 1 is 0.500 bits per heavy atom. The highest BCUT2D eigenvalue weighted by Crippen LogP contribution is 2.56. The van der Waals surface area contributed by atoms with Gasteiger partial charge in [0.25, 0.3) is 0 Å². The van der Waals surface area contributed by atoms with Crippen LogP contribution in [0.25, 0.3) is 76.2 Å². The SMILES string of the molecule is CC(C)c1ccc(N(c2ccc3c(c2)C(C)(C)c2c-3ccc3c4ccccc4c4ccc5ccccc5c4c23)c2cccc3c2oc2ccccc23)cc1. The number of anilines is 3. The molecule has 9 aromatic carbocycles. The van der Waals surface area contributed by atoms with Crippen molar-refractivity contribution < 1.29 is 4.42 Å². The van der Waals surface area contributed by atoms with E-state index in [1.165, 1.54) is 70.9 Å². The molecule has 0 aliphatic heterocycles. The van der Waals surface area contributed by atoms with Gasteiger partial charge in [-0.3, -0.25) is 0 Å². The van der Waals surface area contributed by atoms with Crippen molar-refractivity contribution in [2.45, 2.75) is 39.0 Å². The first-order valence-corrected chi connectivity index (χ1v) is 19.1. The van der Waals surface area contributed by atoms with Crippen LogP contribution in [0, 0.1) is 0 Å². The molecule has 2 nitrogen and oxygen atoms in total. The van der Waals surface area contributed by atoms with Gasteiger partial charge in [-0.2, -0.15) is 0 Å². The van der Waals surface area contributed by atoms with Gasteiger partial charge >= 0.3 is 0 Å². The third-order valence-corrected chi connectivity index (χ3v) is 12.2. The number of para-hydroxylation sites is 2. The molecule has 1 aliphatic rings. The molecule has 2 heteroatoms. The second-order valence-electron chi connectivity index (χ2n) is 15.9. The Morgan fingerprint density at radius 2 is 1.13 bits per heavy atom. The Bertz CT molecular complexity index is 3160. The largest absolute Gasteiger partial charge is 0.454 e. The summed E-state index contributed by atoms with van der Waals surface area (Å²) in [6, 6.07) is 58.3. The molecule has 0 N–H and O–H groups in total. The molecule has 258 valence electrons. The third kappa shape index (κ3) is 4.28. The second kappa shape index (κ2) is 11.3. The van der Waals surface area contributed by atoms with Gasteiger partial charge in [-0.1, -0.05) is 149 Å². The van der Waals surface area contributed by atoms with E-state index in [0.29, 0.717) is 5.92 Å². The summed E-state index contributed by atoms with van der Waals surface area (Å²) in [5.74, 6) is 0.450. The smallest absolute Gasteiger partial charge is 0.159 e. The number of hydrogen-bond donors (Lipinski definition) is 0. The first-order chi connectivity index (χ1) is 26.4. The Labute approximate surface area is 314 Å². The number of nitrogens with zero attached hydrogens (tertiary/aromatic N) is 1. The lowest BCUT2D eigenvalue weighted by molar-refractivity contribution is 0.666. The number of fused-ring (bicyclic) bond motifs is 15. The molecule has 11 rings (SSSR count). The molecule has 0 saturated carbocycles. The van der Waals surface area contributed by atoms with Crippen LogP contribution in [0.15, 0.2) is 162 Å². The summed E-state index contributed by atoms with van der Waals surface area (Å²) in [7, 11) is 0. The third-order valence-electron chi connectivity index (χ3n) is 12.2. The van der Waals surface area contributed by atoms with Crippen molar-refractivity contribution in [3.8, 4) is 11.1 Å². The molecule has 1 aromatic heterocycles. The van der Waals surface area contributed by atoms with Crippen molar-refractivity contribution in [1.29, 1.82) is 0 Å². The van der Waals surface area contributed by atoms with Crippen molar-refractivity contribution in [3.63, 3.8) is 0 Å². The minimum Gasteiger partial charge on any atom is -0.454 e. The molecule has 1 heterocycles. The molecular weight excluding hydrogens is 655 g/mol. The van der Waals surface area contributed by atoms with E-state index in [0.717, 1.165) is 39.0 Å². The van der Waals surface area contributed by atoms with Gasteiger partial charge in [-0.15, -0.1) is 0 Å². The van der Waals surface area contributed by atoms with Crippen LogP contribution >= 0.6 is 0 Å². The maximum atomic E-state index is 6.67. The van der Waals surface area contributed by atoms with Crippen LogP contribution < -0.4 is 4.90 Å². The van der Waals surface area contributed by atoms with E-state index < -0.39 is 0 Å². The van der Waals surface area contributed by atoms with Crippen molar-refractivity contribution in [2.75, 3.05) is 4.90 Å². The highest BCUT2D eigenvalue weighted by molar-refractivity contribution is 6.33. The predicted molar refractivity (Wildman–Crippen MR) is 230 cm³/mol. The first-order valence-electron chi connectivity index (χ1n) is 19.1. The van der Waals surface area contributed by atoms with Crippen LogP contribution in [0.3, 0.4) is 0 Å². The topological polar surface area (TPSA) is 16.4 Å². The van der Waals surface area contributed by atoms with E-state index in [-0.39, 0.29) is 5.41 Å². The number of hydrogen-bond acceptors (Lipinski definition) is 2. The molecule has 54 heavy (non-hydrogen) atoms. The van der Waals surface area contributed by atoms with Crippen LogP contribution in [0.2, 0.25) is 0 Å². The summed E-state index contributed by atoms with van der Waals surface area (Å²) in [5.41, 5.74) is 11.5. The summed E-state index contributed by atoms with van der Waals surface area (Å²) in [6.07, 6.45) is 0. The van der Waals surface area contributed by atoms with E-state index in [1.54, 1.807) is 0 Å². The van der Waals surface area contributed by atoms with Gasteiger partial charge in [0.2, 0.25) is 0 Å². The molecule has 0 unspecified atom stereocenters. The zero-order valence-corrected chi connectivity index (χ0v) is 30.9. The number of furan rings is 1. The molecule has 0 spiro atoms. The molecule has 0 bridgehead atoms. The summed E-state index contributed by atoms with van der Waals surface area (Å²) in [5, 5.41) is 12.8. The van der Waals surface area contributed by atoms with Crippen molar-refractivity contribution in [2.24, 2.45) is 0 Å². The van der Waals surface area contributed by atoms with Crippen LogP contribution in [0.4, 0.5) is 17.1 Å². The molecule has 1 aliphatic carbocycles. The van der Waals surface area contributed by atoms with Crippen molar-refractivity contribution in [1.82, 2.24) is 0 Å². The fourth-order valence-electron chi connectivity index (χ4n) is 9.58. The minimum absolute atomic E-state index is 0.273. The average molecular weight is 694 g/mol. The normalized spacial score (nSPS) is 13.5. The van der Waals surface area contributed by atoms with Gasteiger partial charge < -0.3 is 9.32 Å². The molecule has 0 atom stereocenters. The Kier molecular flexibility index (Phi) is 6.53. The zero-order chi connectivity index (χ0) is 36.3. The van der Waals surface area contributed by atoms with Crippen molar-refractivity contribution >= 4 is 82.1 Å². The van der Waals surface area contributed by atoms with E-state index >= 15 is 0 Å². The number of rotatable bonds is 4. The average Bonchev–Trinajstić information content (AvgIpc) is 3.70. The lowest BCUT2D eigenvalue weighted by Crippen LogP contribution is -2.17. The standard InChI is InChI=1S/C52H39NO/c1-31(2)32-20-23-34(24-21-32)53(46-18-11-17-44-40-16-9-10-19-47(40)54-51(44)46)35-25-27-39-43-29-28-42-38-15-8-7-14-37(38)41-26-22-33-12-5-6-13-36(33)48(41)49(42)50(43)52(3,4)45(39)30-35/h5-31H,1-4H3. The molecule has 0 saturated heterocycles. The van der Waals surface area contributed by atoms with Crippen LogP contribution in [0.1, 0.15) is 50.3 Å². The Balaban J connectivity index is 1.18. The molecule has 0 radical (unpaired) electrons. The maximum Gasteiger partial charge on any atom is 0.159 e. The summed E-state index contributed by atoms with van der Waals surface area (Å²) >= 11 is 0. The van der Waals surface area contributed by atoms with Crippen LogP contribution in [-0.2, 0) is 5.41 Å². The van der Waals surface area contributed by atoms with Gasteiger partial charge in [-0.05, 0) is 113 Å². The van der Waals surface area contributed by atoms with Crippen LogP contribution in [-0.4, -0.2) is 0 Å². The van der Waals surface area contributed by atoms with Gasteiger partial charge in [-0.25, -0.2) is 0 Å². The van der Waals surface area contributed by atoms with Gasteiger partial charge in [0.15, 0.2) is 5.58 Å². The van der Waals surface area contributed by atoms with Gasteiger partial charge in [0.05, 0.1) is 5.69 Å². The van der Waals surface area contributed by atoms with E-state index in [1.807, 2.05) is 6.07 Å². The quantitative estimate of drug-likeness (QED) is 0.171. The molecule has 0 amide bonds. The highest BCUT2D eigenvalue weighted by atomic mass is 16.3. The predicted octanol–water partition coefficient (Wildman–Crippen LogP) is 15.1. The summed E-state index contributed by atoms with van der Waals surface area (Å²) in [6.45, 7) is 9.35. The first kappa shape index (κ1) is 31.2. The molecule has 10 aromatic rings. The monoisotopic (exact) mass is 693 g/mol. The lowest BCUT2D eigenvalue weighted by atomic mass is 9.78. The Hall–Kier alpha value is -6.38. The van der Waals surface area contributed by atoms with Gasteiger partial charge in [0, 0.05) is 27.6 Å². The summed E-state index contributed by atoms with van der Waals surface area (Å²) in [4.78, 5) is 2.39. The molecule has 0 fully saturated rings. The van der Waals surface area contributed by atoms with E-state index in [4.69, 9.17) is 4.42 Å². The maximum absolute atomic E-state index is 6.67. The second-order valence-corrected chi connectivity index (χ2v) is 15.9. The number of benzene rings is 9. The van der Waals surface area contributed by atoms with Crippen molar-refractivity contribution in [3.05, 3.63) is 174 Å². The minimum atomic E-state index is -0.273. The lowest BCUT2D eigenvalue weighted by Gasteiger charge is -2.29. The van der Waals surface area contributed by atoms with Gasteiger partial charge in [0.1, 0.15) is 5.58 Å². The van der Waals surface area contributed by atoms with Crippen LogP contribution in [0.5, 0.6) is 0 Å². The van der Waals surface area contributed by atoms with E-state index in [9.17, 15) is 0 Å². The summed E-state index contributed by atoms with van der Waals surface area (Å²) < 4.78 is 6.67. The fraction of sp³-hybridized carbons (Fsp3) is 0.115. The highest BCUT2D eigenvalue weighted by Gasteiger charge is 2.38. The molecular formula is C52H39NO. The Morgan fingerprint density at radius 3 is 1.91 bits per heavy atom.